The molecule has 0 aliphatic heterocycles. The number of nitrogens with zero attached hydrogens (tertiary/aromatic N) is 2. The summed E-state index contributed by atoms with van der Waals surface area (Å²) in [4.78, 5) is 62.4. The van der Waals surface area contributed by atoms with Gasteiger partial charge in [-0.25, -0.2) is 0 Å². The molecular weight excluding hydrogens is 388 g/mol. The lowest BCUT2D eigenvalue weighted by Crippen LogP contribution is -2.43. The van der Waals surface area contributed by atoms with Crippen LogP contribution in [0.2, 0.25) is 0 Å². The SMILES string of the molecule is CC(=O)O.CC(=O)O.O=C(O)CN(CCN(CC(=O)O)CC(=O)O)CC(=O)O. The van der Waals surface area contributed by atoms with Gasteiger partial charge in [-0.05, 0) is 0 Å². The molecule has 0 radical (unpaired) electrons. The smallest absolute Gasteiger partial charge is 0.317 e. The second-order valence-electron chi connectivity index (χ2n) is 5.03. The summed E-state index contributed by atoms with van der Waals surface area (Å²) in [6.07, 6.45) is 0. The zero-order chi connectivity index (χ0) is 22.9. The van der Waals surface area contributed by atoms with Gasteiger partial charge < -0.3 is 30.6 Å². The number of carboxylic acid groups (broad SMARTS) is 6. The molecule has 0 aliphatic rings. The molecule has 0 unspecified atom stereocenters. The highest BCUT2D eigenvalue weighted by molar-refractivity contribution is 5.73. The molecule has 0 aromatic heterocycles. The molecule has 0 aromatic rings. The minimum absolute atomic E-state index is 0.0703. The molecular formula is C14H24N2O12. The predicted molar refractivity (Wildman–Crippen MR) is 90.0 cm³/mol. The largest absolute Gasteiger partial charge is 0.481 e. The lowest BCUT2D eigenvalue weighted by molar-refractivity contribution is -0.145. The Kier molecular flexibility index (Phi) is 18.1. The van der Waals surface area contributed by atoms with Crippen LogP contribution in [0.3, 0.4) is 0 Å². The minimum Gasteiger partial charge on any atom is -0.481 e. The van der Waals surface area contributed by atoms with Gasteiger partial charge in [0.1, 0.15) is 0 Å². The van der Waals surface area contributed by atoms with Gasteiger partial charge in [0, 0.05) is 26.9 Å². The molecule has 0 spiro atoms. The van der Waals surface area contributed by atoms with E-state index in [0.29, 0.717) is 0 Å². The van der Waals surface area contributed by atoms with Crippen molar-refractivity contribution < 1.29 is 59.4 Å². The van der Waals surface area contributed by atoms with Crippen molar-refractivity contribution in [3.63, 3.8) is 0 Å². The van der Waals surface area contributed by atoms with Crippen molar-refractivity contribution in [1.82, 2.24) is 9.80 Å². The van der Waals surface area contributed by atoms with Crippen LogP contribution in [0, 0.1) is 0 Å². The second kappa shape index (κ2) is 17.2. The maximum atomic E-state index is 10.6. The van der Waals surface area contributed by atoms with Gasteiger partial charge in [0.05, 0.1) is 26.2 Å². The van der Waals surface area contributed by atoms with Gasteiger partial charge in [-0.15, -0.1) is 0 Å². The molecule has 162 valence electrons. The van der Waals surface area contributed by atoms with Crippen LogP contribution in [0.1, 0.15) is 13.8 Å². The van der Waals surface area contributed by atoms with Gasteiger partial charge in [-0.2, -0.15) is 0 Å². The Morgan fingerprint density at radius 2 is 0.643 bits per heavy atom. The standard InChI is InChI=1S/C10H16N2O8.2C2H4O2/c13-7(14)3-11(4-8(15)16)1-2-12(5-9(17)18)6-10(19)20;2*1-2(3)4/h1-6H2,(H,13,14)(H,15,16)(H,17,18)(H,19,20);2*1H3,(H,3,4). The van der Waals surface area contributed by atoms with Gasteiger partial charge in [0.15, 0.2) is 0 Å². The summed E-state index contributed by atoms with van der Waals surface area (Å²) >= 11 is 0. The van der Waals surface area contributed by atoms with Crippen molar-refractivity contribution in [2.24, 2.45) is 0 Å². The number of carbonyl (C=O) groups is 6. The average molecular weight is 412 g/mol. The number of carboxylic acids is 6. The molecule has 28 heavy (non-hydrogen) atoms. The Morgan fingerprint density at radius 3 is 0.750 bits per heavy atom. The molecule has 14 heteroatoms. The number of rotatable bonds is 11. The fraction of sp³-hybridized carbons (Fsp3) is 0.571. The topological polar surface area (TPSA) is 230 Å². The van der Waals surface area contributed by atoms with E-state index in [1.807, 2.05) is 0 Å². The molecule has 0 rings (SSSR count). The first kappa shape index (κ1) is 29.5. The van der Waals surface area contributed by atoms with Crippen LogP contribution >= 0.6 is 0 Å². The summed E-state index contributed by atoms with van der Waals surface area (Å²) in [5.74, 6) is -6.58. The molecule has 0 atom stereocenters. The fourth-order valence-corrected chi connectivity index (χ4v) is 1.48. The van der Waals surface area contributed by atoms with Gasteiger partial charge in [-0.3, -0.25) is 38.6 Å². The number of aliphatic carboxylic acids is 6. The van der Waals surface area contributed by atoms with Gasteiger partial charge >= 0.3 is 23.9 Å². The highest BCUT2D eigenvalue weighted by atomic mass is 16.4. The summed E-state index contributed by atoms with van der Waals surface area (Å²) in [7, 11) is 0. The molecule has 0 amide bonds. The Balaban J connectivity index is -0.000000656. The fourth-order valence-electron chi connectivity index (χ4n) is 1.48. The molecule has 0 heterocycles. The molecule has 0 saturated carbocycles. The van der Waals surface area contributed by atoms with Crippen LogP contribution in [-0.2, 0) is 28.8 Å². The molecule has 0 aromatic carbocycles. The van der Waals surface area contributed by atoms with E-state index in [4.69, 9.17) is 40.2 Å². The van der Waals surface area contributed by atoms with Gasteiger partial charge in [0.2, 0.25) is 0 Å². The molecule has 0 fully saturated rings. The molecule has 6 N–H and O–H groups in total. The molecule has 0 aliphatic carbocycles. The van der Waals surface area contributed by atoms with E-state index in [0.717, 1.165) is 23.6 Å². The van der Waals surface area contributed by atoms with Crippen molar-refractivity contribution in [2.75, 3.05) is 39.3 Å². The van der Waals surface area contributed by atoms with Crippen molar-refractivity contribution >= 4 is 35.8 Å². The first-order valence-electron chi connectivity index (χ1n) is 7.38. The van der Waals surface area contributed by atoms with Crippen molar-refractivity contribution in [1.29, 1.82) is 0 Å². The lowest BCUT2D eigenvalue weighted by atomic mass is 10.4. The number of hydrogen-bond donors (Lipinski definition) is 6. The normalized spacial score (nSPS) is 9.43. The van der Waals surface area contributed by atoms with E-state index in [9.17, 15) is 19.2 Å². The third kappa shape index (κ3) is 34.2. The summed E-state index contributed by atoms with van der Waals surface area (Å²) in [6, 6.07) is 0. The van der Waals surface area contributed by atoms with Crippen LogP contribution in [0.15, 0.2) is 0 Å². The zero-order valence-electron chi connectivity index (χ0n) is 15.3. The van der Waals surface area contributed by atoms with Gasteiger partial charge in [0.25, 0.3) is 11.9 Å². The zero-order valence-corrected chi connectivity index (χ0v) is 15.3. The highest BCUT2D eigenvalue weighted by Gasteiger charge is 2.17. The van der Waals surface area contributed by atoms with E-state index < -0.39 is 62.0 Å². The molecule has 0 bridgehead atoms. The monoisotopic (exact) mass is 412 g/mol. The maximum Gasteiger partial charge on any atom is 0.317 e. The molecule has 0 saturated heterocycles. The Labute approximate surface area is 159 Å². The van der Waals surface area contributed by atoms with Crippen molar-refractivity contribution in [2.45, 2.75) is 13.8 Å². The Bertz CT molecular complexity index is 460. The van der Waals surface area contributed by atoms with E-state index >= 15 is 0 Å². The second-order valence-corrected chi connectivity index (χ2v) is 5.03. The molecule has 14 nitrogen and oxygen atoms in total. The van der Waals surface area contributed by atoms with Gasteiger partial charge in [-0.1, -0.05) is 0 Å². The maximum absolute atomic E-state index is 10.6. The van der Waals surface area contributed by atoms with E-state index in [1.54, 1.807) is 0 Å². The highest BCUT2D eigenvalue weighted by Crippen LogP contribution is 1.94. The lowest BCUT2D eigenvalue weighted by Gasteiger charge is -2.23. The van der Waals surface area contributed by atoms with Crippen molar-refractivity contribution in [3.8, 4) is 0 Å². The summed E-state index contributed by atoms with van der Waals surface area (Å²) in [5.41, 5.74) is 0. The number of hydrogen-bond acceptors (Lipinski definition) is 8. The Hall–Kier alpha value is -3.26. The average Bonchev–Trinajstić information content (AvgIpc) is 2.40. The first-order chi connectivity index (χ1) is 12.7. The van der Waals surface area contributed by atoms with E-state index in [1.165, 1.54) is 0 Å². The first-order valence-corrected chi connectivity index (χ1v) is 7.38. The van der Waals surface area contributed by atoms with Crippen LogP contribution in [0.5, 0.6) is 0 Å². The third-order valence-electron chi connectivity index (χ3n) is 2.17. The predicted octanol–water partition coefficient (Wildman–Crippen LogP) is -1.89. The summed E-state index contributed by atoms with van der Waals surface area (Å²) in [6.45, 7) is -0.0839. The van der Waals surface area contributed by atoms with Crippen LogP contribution in [0.4, 0.5) is 0 Å². The summed E-state index contributed by atoms with van der Waals surface area (Å²) < 4.78 is 0. The van der Waals surface area contributed by atoms with Crippen LogP contribution in [-0.4, -0.2) is 116 Å². The van der Waals surface area contributed by atoms with Crippen molar-refractivity contribution in [3.05, 3.63) is 0 Å². The minimum atomic E-state index is -1.23. The third-order valence-corrected chi connectivity index (χ3v) is 2.17. The van der Waals surface area contributed by atoms with Crippen LogP contribution < -0.4 is 0 Å². The quantitative estimate of drug-likeness (QED) is 0.218. The summed E-state index contributed by atoms with van der Waals surface area (Å²) in [5, 5.41) is 49.3. The van der Waals surface area contributed by atoms with E-state index in [-0.39, 0.29) is 13.1 Å². The van der Waals surface area contributed by atoms with E-state index in [2.05, 4.69) is 0 Å². The van der Waals surface area contributed by atoms with Crippen LogP contribution in [0.25, 0.3) is 0 Å². The Morgan fingerprint density at radius 1 is 0.500 bits per heavy atom.